The topological polar surface area (TPSA) is 68.0 Å². The number of aromatic nitrogens is 1. The summed E-state index contributed by atoms with van der Waals surface area (Å²) >= 11 is 4.97. The number of hydrogen-bond donors (Lipinski definition) is 2. The minimum absolute atomic E-state index is 0.124. The molecular formula is C15H16BrN3OS. The average molecular weight is 366 g/mol. The van der Waals surface area contributed by atoms with E-state index in [1.807, 2.05) is 19.1 Å². The Kier molecular flexibility index (Phi) is 4.10. The normalized spacial score (nSPS) is 17.4. The molecule has 0 unspecified atom stereocenters. The van der Waals surface area contributed by atoms with Crippen LogP contribution in [0.1, 0.15) is 32.9 Å². The van der Waals surface area contributed by atoms with Crippen LogP contribution < -0.4 is 11.1 Å². The largest absolute Gasteiger partial charge is 0.327 e. The minimum atomic E-state index is -0.124. The number of fused-ring (bicyclic) bond motifs is 1. The second-order valence-corrected chi connectivity index (χ2v) is 7.25. The third kappa shape index (κ3) is 3.17. The quantitative estimate of drug-likeness (QED) is 0.857. The summed E-state index contributed by atoms with van der Waals surface area (Å²) in [6.07, 6.45) is 2.73. The van der Waals surface area contributed by atoms with Gasteiger partial charge in [-0.2, -0.15) is 0 Å². The molecule has 1 aliphatic carbocycles. The van der Waals surface area contributed by atoms with Gasteiger partial charge in [-0.25, -0.2) is 4.98 Å². The first kappa shape index (κ1) is 14.7. The van der Waals surface area contributed by atoms with Crippen LogP contribution in [0.5, 0.6) is 0 Å². The molecule has 1 aliphatic rings. The zero-order valence-electron chi connectivity index (χ0n) is 11.6. The zero-order valence-corrected chi connectivity index (χ0v) is 14.1. The van der Waals surface area contributed by atoms with Crippen LogP contribution in [0.25, 0.3) is 0 Å². The fraction of sp³-hybridized carbons (Fsp3) is 0.333. The van der Waals surface area contributed by atoms with E-state index in [0.717, 1.165) is 35.0 Å². The van der Waals surface area contributed by atoms with Gasteiger partial charge in [-0.1, -0.05) is 15.9 Å². The molecule has 0 radical (unpaired) electrons. The highest BCUT2D eigenvalue weighted by atomic mass is 79.9. The van der Waals surface area contributed by atoms with E-state index in [1.54, 1.807) is 6.07 Å². The van der Waals surface area contributed by atoms with Crippen molar-refractivity contribution in [2.75, 3.05) is 5.32 Å². The van der Waals surface area contributed by atoms with Crippen LogP contribution in [0.2, 0.25) is 0 Å². The molecule has 1 amide bonds. The van der Waals surface area contributed by atoms with Gasteiger partial charge in [-0.05, 0) is 49.9 Å². The lowest BCUT2D eigenvalue weighted by Crippen LogP contribution is -2.27. The Morgan fingerprint density at radius 1 is 1.52 bits per heavy atom. The molecule has 6 heteroatoms. The van der Waals surface area contributed by atoms with E-state index in [4.69, 9.17) is 5.73 Å². The molecule has 0 saturated carbocycles. The predicted molar refractivity (Wildman–Crippen MR) is 88.9 cm³/mol. The van der Waals surface area contributed by atoms with E-state index >= 15 is 0 Å². The number of rotatable bonds is 2. The summed E-state index contributed by atoms with van der Waals surface area (Å²) < 4.78 is 0.998. The molecule has 0 aliphatic heterocycles. The van der Waals surface area contributed by atoms with Crippen LogP contribution in [-0.2, 0) is 12.8 Å². The number of anilines is 1. The van der Waals surface area contributed by atoms with E-state index in [9.17, 15) is 4.79 Å². The van der Waals surface area contributed by atoms with Crippen molar-refractivity contribution in [2.24, 2.45) is 5.73 Å². The third-order valence-corrected chi connectivity index (χ3v) is 5.54. The summed E-state index contributed by atoms with van der Waals surface area (Å²) in [6.45, 7) is 1.96. The molecule has 3 N–H and O–H groups in total. The maximum absolute atomic E-state index is 12.3. The molecular weight excluding hydrogens is 350 g/mol. The van der Waals surface area contributed by atoms with Gasteiger partial charge in [0.1, 0.15) is 0 Å². The summed E-state index contributed by atoms with van der Waals surface area (Å²) in [7, 11) is 0. The number of nitrogens with zero attached hydrogens (tertiary/aromatic N) is 1. The van der Waals surface area contributed by atoms with Crippen molar-refractivity contribution in [2.45, 2.75) is 32.2 Å². The van der Waals surface area contributed by atoms with E-state index in [1.165, 1.54) is 16.2 Å². The molecule has 0 spiro atoms. The van der Waals surface area contributed by atoms with Gasteiger partial charge < -0.3 is 5.73 Å². The van der Waals surface area contributed by atoms with Crippen molar-refractivity contribution in [3.05, 3.63) is 44.4 Å². The Labute approximate surface area is 135 Å². The molecule has 4 nitrogen and oxygen atoms in total. The van der Waals surface area contributed by atoms with Crippen molar-refractivity contribution in [3.63, 3.8) is 0 Å². The minimum Gasteiger partial charge on any atom is -0.327 e. The van der Waals surface area contributed by atoms with Gasteiger partial charge in [0.25, 0.3) is 5.91 Å². The number of aryl methyl sites for hydroxylation is 2. The maximum atomic E-state index is 12.3. The number of nitrogens with one attached hydrogen (secondary N) is 1. The van der Waals surface area contributed by atoms with E-state index < -0.39 is 0 Å². The van der Waals surface area contributed by atoms with Gasteiger partial charge in [0, 0.05) is 21.0 Å². The van der Waals surface area contributed by atoms with Gasteiger partial charge in [0.2, 0.25) is 0 Å². The molecule has 0 bridgehead atoms. The van der Waals surface area contributed by atoms with Gasteiger partial charge in [-0.15, -0.1) is 11.3 Å². The molecule has 0 fully saturated rings. The van der Waals surface area contributed by atoms with Gasteiger partial charge in [-0.3, -0.25) is 10.1 Å². The predicted octanol–water partition coefficient (Wildman–Crippen LogP) is 3.28. The number of nitrogens with two attached hydrogens (primary N) is 1. The van der Waals surface area contributed by atoms with Gasteiger partial charge in [0.15, 0.2) is 5.13 Å². The first-order valence-electron chi connectivity index (χ1n) is 6.84. The van der Waals surface area contributed by atoms with Crippen LogP contribution in [-0.4, -0.2) is 16.9 Å². The van der Waals surface area contributed by atoms with E-state index in [-0.39, 0.29) is 11.9 Å². The van der Waals surface area contributed by atoms with Crippen LogP contribution in [0.15, 0.2) is 22.7 Å². The lowest BCUT2D eigenvalue weighted by molar-refractivity contribution is 0.102. The highest BCUT2D eigenvalue weighted by Crippen LogP contribution is 2.29. The van der Waals surface area contributed by atoms with Crippen LogP contribution >= 0.6 is 27.3 Å². The van der Waals surface area contributed by atoms with Crippen LogP contribution in [0, 0.1) is 6.92 Å². The van der Waals surface area contributed by atoms with Crippen molar-refractivity contribution in [1.82, 2.24) is 4.98 Å². The zero-order chi connectivity index (χ0) is 15.0. The first-order valence-corrected chi connectivity index (χ1v) is 8.45. The number of carbonyl (C=O) groups excluding carboxylic acids is 1. The van der Waals surface area contributed by atoms with Crippen molar-refractivity contribution in [1.29, 1.82) is 0 Å². The Morgan fingerprint density at radius 3 is 3.10 bits per heavy atom. The van der Waals surface area contributed by atoms with Crippen molar-refractivity contribution < 1.29 is 4.79 Å². The number of halogens is 1. The number of benzene rings is 1. The van der Waals surface area contributed by atoms with Crippen molar-refractivity contribution >= 4 is 38.3 Å². The van der Waals surface area contributed by atoms with Crippen LogP contribution in [0.4, 0.5) is 5.13 Å². The van der Waals surface area contributed by atoms with Gasteiger partial charge in [0.05, 0.1) is 5.69 Å². The molecule has 1 aromatic carbocycles. The fourth-order valence-corrected chi connectivity index (χ4v) is 3.75. The van der Waals surface area contributed by atoms with Crippen molar-refractivity contribution in [3.8, 4) is 0 Å². The standard InChI is InChI=1S/C15H16BrN3OS/c1-8-6-9(2-4-11(8)16)14(20)19-15-18-12-5-3-10(17)7-13(12)21-15/h2,4,6,10H,3,5,7,17H2,1H3,(H,18,19,20)/t10-/m0/s1. The molecule has 1 aromatic heterocycles. The Morgan fingerprint density at radius 2 is 2.33 bits per heavy atom. The SMILES string of the molecule is Cc1cc(C(=O)Nc2nc3c(s2)C[C@@H](N)CC3)ccc1Br. The lowest BCUT2D eigenvalue weighted by atomic mass is 9.99. The summed E-state index contributed by atoms with van der Waals surface area (Å²) in [5.41, 5.74) is 8.73. The third-order valence-electron chi connectivity index (χ3n) is 3.62. The number of carbonyl (C=O) groups is 1. The molecule has 3 rings (SSSR count). The molecule has 0 saturated heterocycles. The number of thiazole rings is 1. The fourth-order valence-electron chi connectivity index (χ4n) is 2.41. The van der Waals surface area contributed by atoms with Gasteiger partial charge >= 0.3 is 0 Å². The maximum Gasteiger partial charge on any atom is 0.257 e. The smallest absolute Gasteiger partial charge is 0.257 e. The average Bonchev–Trinajstić information content (AvgIpc) is 2.83. The number of amides is 1. The summed E-state index contributed by atoms with van der Waals surface area (Å²) in [6, 6.07) is 5.77. The second kappa shape index (κ2) is 5.87. The summed E-state index contributed by atoms with van der Waals surface area (Å²) in [4.78, 5) is 18.0. The Hall–Kier alpha value is -1.24. The molecule has 1 atom stereocenters. The Balaban J connectivity index is 1.77. The molecule has 1 heterocycles. The summed E-state index contributed by atoms with van der Waals surface area (Å²) in [5, 5.41) is 3.56. The Bertz CT molecular complexity index is 698. The number of hydrogen-bond acceptors (Lipinski definition) is 4. The van der Waals surface area contributed by atoms with E-state index in [0.29, 0.717) is 10.7 Å². The molecule has 2 aromatic rings. The van der Waals surface area contributed by atoms with E-state index in [2.05, 4.69) is 26.2 Å². The van der Waals surface area contributed by atoms with Crippen LogP contribution in [0.3, 0.4) is 0 Å². The highest BCUT2D eigenvalue weighted by Gasteiger charge is 2.21. The molecule has 110 valence electrons. The highest BCUT2D eigenvalue weighted by molar-refractivity contribution is 9.10. The molecule has 21 heavy (non-hydrogen) atoms. The monoisotopic (exact) mass is 365 g/mol. The second-order valence-electron chi connectivity index (χ2n) is 5.31. The first-order chi connectivity index (χ1) is 10.0. The lowest BCUT2D eigenvalue weighted by Gasteiger charge is -2.15. The summed E-state index contributed by atoms with van der Waals surface area (Å²) in [5.74, 6) is -0.124.